The molecule has 0 aliphatic rings. The van der Waals surface area contributed by atoms with Gasteiger partial charge in [-0.3, -0.25) is 4.79 Å². The van der Waals surface area contributed by atoms with E-state index in [0.29, 0.717) is 16.8 Å². The van der Waals surface area contributed by atoms with Crippen molar-refractivity contribution in [1.82, 2.24) is 0 Å². The van der Waals surface area contributed by atoms with Crippen LogP contribution in [-0.2, 0) is 9.53 Å². The van der Waals surface area contributed by atoms with E-state index in [9.17, 15) is 9.59 Å². The zero-order valence-electron chi connectivity index (χ0n) is 12.4. The number of benzene rings is 2. The molecule has 0 aliphatic heterocycles. The van der Waals surface area contributed by atoms with Crippen molar-refractivity contribution in [2.45, 2.75) is 4.90 Å². The van der Waals surface area contributed by atoms with Crippen molar-refractivity contribution in [2.75, 3.05) is 18.2 Å². The van der Waals surface area contributed by atoms with Crippen molar-refractivity contribution in [2.24, 2.45) is 0 Å². The van der Waals surface area contributed by atoms with Gasteiger partial charge in [-0.15, -0.1) is 11.8 Å². The van der Waals surface area contributed by atoms with E-state index in [4.69, 9.17) is 10.00 Å². The highest BCUT2D eigenvalue weighted by atomic mass is 32.2. The molecule has 2 rings (SSSR count). The lowest BCUT2D eigenvalue weighted by atomic mass is 10.1. The summed E-state index contributed by atoms with van der Waals surface area (Å²) in [5, 5.41) is 11.4. The van der Waals surface area contributed by atoms with Gasteiger partial charge in [0.15, 0.2) is 6.61 Å². The fourth-order valence-electron chi connectivity index (χ4n) is 1.79. The standard InChI is InChI=1S/C17H14N2O3S/c1-23-15-4-2-3-14(9-15)19-16(20)11-22-17(21)13-7-5-12(10-18)6-8-13/h2-9H,11H2,1H3,(H,19,20). The van der Waals surface area contributed by atoms with Gasteiger partial charge in [-0.05, 0) is 48.7 Å². The molecule has 1 amide bonds. The summed E-state index contributed by atoms with van der Waals surface area (Å²) in [5.74, 6) is -1.02. The summed E-state index contributed by atoms with van der Waals surface area (Å²) in [5.41, 5.74) is 1.39. The van der Waals surface area contributed by atoms with Crippen molar-refractivity contribution >= 4 is 29.3 Å². The van der Waals surface area contributed by atoms with E-state index in [1.165, 1.54) is 24.3 Å². The molecule has 116 valence electrons. The maximum atomic E-state index is 11.8. The van der Waals surface area contributed by atoms with Gasteiger partial charge in [-0.2, -0.15) is 5.26 Å². The predicted octanol–water partition coefficient (Wildman–Crippen LogP) is 3.08. The lowest BCUT2D eigenvalue weighted by molar-refractivity contribution is -0.119. The number of ether oxygens (including phenoxy) is 1. The monoisotopic (exact) mass is 326 g/mol. The zero-order chi connectivity index (χ0) is 16.7. The lowest BCUT2D eigenvalue weighted by Crippen LogP contribution is -2.20. The summed E-state index contributed by atoms with van der Waals surface area (Å²) in [6.07, 6.45) is 1.94. The van der Waals surface area contributed by atoms with Crippen LogP contribution in [0.25, 0.3) is 0 Å². The topological polar surface area (TPSA) is 79.2 Å². The van der Waals surface area contributed by atoms with E-state index < -0.39 is 11.9 Å². The Kier molecular flexibility index (Phi) is 5.78. The number of carbonyl (C=O) groups excluding carboxylic acids is 2. The highest BCUT2D eigenvalue weighted by Crippen LogP contribution is 2.18. The number of hydrogen-bond acceptors (Lipinski definition) is 5. The second-order valence-electron chi connectivity index (χ2n) is 4.55. The molecule has 2 aromatic carbocycles. The molecule has 23 heavy (non-hydrogen) atoms. The molecule has 0 saturated heterocycles. The summed E-state index contributed by atoms with van der Waals surface area (Å²) >= 11 is 1.57. The Labute approximate surface area is 138 Å². The van der Waals surface area contributed by atoms with Gasteiger partial charge < -0.3 is 10.1 Å². The molecule has 5 nitrogen and oxygen atoms in total. The molecule has 0 spiro atoms. The van der Waals surface area contributed by atoms with Gasteiger partial charge in [0, 0.05) is 10.6 Å². The number of anilines is 1. The Morgan fingerprint density at radius 1 is 1.22 bits per heavy atom. The molecule has 1 N–H and O–H groups in total. The van der Waals surface area contributed by atoms with Crippen LogP contribution in [-0.4, -0.2) is 24.7 Å². The van der Waals surface area contributed by atoms with Gasteiger partial charge in [-0.25, -0.2) is 4.79 Å². The van der Waals surface area contributed by atoms with Crippen LogP contribution in [0.5, 0.6) is 0 Å². The largest absolute Gasteiger partial charge is 0.452 e. The van der Waals surface area contributed by atoms with Gasteiger partial charge >= 0.3 is 5.97 Å². The Morgan fingerprint density at radius 3 is 2.61 bits per heavy atom. The number of thioether (sulfide) groups is 1. The first-order chi connectivity index (χ1) is 11.1. The molecule has 0 radical (unpaired) electrons. The smallest absolute Gasteiger partial charge is 0.338 e. The number of esters is 1. The molecule has 6 heteroatoms. The van der Waals surface area contributed by atoms with Crippen LogP contribution in [0.3, 0.4) is 0 Å². The molecular formula is C17H14N2O3S. The van der Waals surface area contributed by atoms with Crippen LogP contribution in [0.2, 0.25) is 0 Å². The molecule has 0 aliphatic carbocycles. The van der Waals surface area contributed by atoms with Gasteiger partial charge in [0.2, 0.25) is 0 Å². The first-order valence-electron chi connectivity index (χ1n) is 6.73. The van der Waals surface area contributed by atoms with E-state index in [-0.39, 0.29) is 6.61 Å². The lowest BCUT2D eigenvalue weighted by Gasteiger charge is -2.07. The van der Waals surface area contributed by atoms with E-state index in [2.05, 4.69) is 5.32 Å². The first kappa shape index (κ1) is 16.6. The molecule has 0 unspecified atom stereocenters. The van der Waals surface area contributed by atoms with Crippen molar-refractivity contribution in [3.63, 3.8) is 0 Å². The van der Waals surface area contributed by atoms with Gasteiger partial charge in [-0.1, -0.05) is 6.07 Å². The SMILES string of the molecule is CSc1cccc(NC(=O)COC(=O)c2ccc(C#N)cc2)c1. The summed E-state index contributed by atoms with van der Waals surface area (Å²) in [6, 6.07) is 15.3. The third-order valence-corrected chi connectivity index (χ3v) is 3.66. The summed E-state index contributed by atoms with van der Waals surface area (Å²) in [4.78, 5) is 24.6. The van der Waals surface area contributed by atoms with Crippen molar-refractivity contribution in [1.29, 1.82) is 5.26 Å². The van der Waals surface area contributed by atoms with Gasteiger partial charge in [0.05, 0.1) is 17.2 Å². The summed E-state index contributed by atoms with van der Waals surface area (Å²) < 4.78 is 4.95. The number of amides is 1. The molecule has 0 heterocycles. The van der Waals surface area contributed by atoms with Crippen LogP contribution < -0.4 is 5.32 Å². The number of carbonyl (C=O) groups is 2. The quantitative estimate of drug-likeness (QED) is 0.675. The number of rotatable bonds is 5. The van der Waals surface area contributed by atoms with Crippen molar-refractivity contribution in [3.05, 3.63) is 59.7 Å². The third kappa shape index (κ3) is 4.87. The Bertz CT molecular complexity index is 751. The molecule has 2 aromatic rings. The minimum Gasteiger partial charge on any atom is -0.452 e. The van der Waals surface area contributed by atoms with Crippen molar-refractivity contribution in [3.8, 4) is 6.07 Å². The zero-order valence-corrected chi connectivity index (χ0v) is 13.2. The van der Waals surface area contributed by atoms with Crippen LogP contribution in [0.4, 0.5) is 5.69 Å². The third-order valence-electron chi connectivity index (χ3n) is 2.94. The molecular weight excluding hydrogens is 312 g/mol. The highest BCUT2D eigenvalue weighted by Gasteiger charge is 2.10. The minimum atomic E-state index is -0.609. The number of hydrogen-bond donors (Lipinski definition) is 1. The van der Waals surface area contributed by atoms with Crippen LogP contribution in [0.1, 0.15) is 15.9 Å². The van der Waals surface area contributed by atoms with E-state index in [1.807, 2.05) is 30.5 Å². The number of nitriles is 1. The van der Waals surface area contributed by atoms with Crippen molar-refractivity contribution < 1.29 is 14.3 Å². The maximum Gasteiger partial charge on any atom is 0.338 e. The van der Waals surface area contributed by atoms with Crippen LogP contribution in [0, 0.1) is 11.3 Å². The van der Waals surface area contributed by atoms with Gasteiger partial charge in [0.1, 0.15) is 0 Å². The Balaban J connectivity index is 1.88. The van der Waals surface area contributed by atoms with E-state index in [0.717, 1.165) is 4.90 Å². The number of nitrogens with zero attached hydrogens (tertiary/aromatic N) is 1. The summed E-state index contributed by atoms with van der Waals surface area (Å²) in [6.45, 7) is -0.373. The Hall–Kier alpha value is -2.78. The van der Waals surface area contributed by atoms with Gasteiger partial charge in [0.25, 0.3) is 5.91 Å². The Morgan fingerprint density at radius 2 is 1.96 bits per heavy atom. The summed E-state index contributed by atoms with van der Waals surface area (Å²) in [7, 11) is 0. The molecule has 0 aromatic heterocycles. The number of nitrogens with one attached hydrogen (secondary N) is 1. The fraction of sp³-hybridized carbons (Fsp3) is 0.118. The molecule has 0 saturated carbocycles. The minimum absolute atomic E-state index is 0.293. The van der Waals surface area contributed by atoms with E-state index >= 15 is 0 Å². The fourth-order valence-corrected chi connectivity index (χ4v) is 2.25. The first-order valence-corrected chi connectivity index (χ1v) is 7.96. The average molecular weight is 326 g/mol. The second-order valence-corrected chi connectivity index (χ2v) is 5.43. The highest BCUT2D eigenvalue weighted by molar-refractivity contribution is 7.98. The normalized spacial score (nSPS) is 9.74. The maximum absolute atomic E-state index is 11.8. The van der Waals surface area contributed by atoms with Crippen LogP contribution in [0.15, 0.2) is 53.4 Å². The molecule has 0 atom stereocenters. The van der Waals surface area contributed by atoms with E-state index in [1.54, 1.807) is 17.8 Å². The molecule has 0 fully saturated rings. The average Bonchev–Trinajstić information content (AvgIpc) is 2.60. The second kappa shape index (κ2) is 8.01. The predicted molar refractivity (Wildman–Crippen MR) is 88.3 cm³/mol. The molecule has 0 bridgehead atoms. The van der Waals surface area contributed by atoms with Crippen LogP contribution >= 0.6 is 11.8 Å².